The monoisotopic (exact) mass is 516 g/mol. The first-order chi connectivity index (χ1) is 17.8. The lowest BCUT2D eigenvalue weighted by Gasteiger charge is -2.31. The zero-order chi connectivity index (χ0) is 26.0. The number of hydrogen-bond acceptors (Lipinski definition) is 7. The molecule has 0 bridgehead atoms. The Balaban J connectivity index is 1.40. The summed E-state index contributed by atoms with van der Waals surface area (Å²) < 4.78 is 11.6. The van der Waals surface area contributed by atoms with Gasteiger partial charge in [0.15, 0.2) is 5.78 Å². The molecule has 1 fully saturated rings. The molecule has 1 saturated heterocycles. The number of hydrogen-bond donors (Lipinski definition) is 1. The molecule has 1 aromatic carbocycles. The molecule has 9 heteroatoms. The van der Waals surface area contributed by atoms with Crippen LogP contribution in [-0.4, -0.2) is 49.1 Å². The molecule has 1 aliphatic rings. The van der Waals surface area contributed by atoms with E-state index >= 15 is 0 Å². The van der Waals surface area contributed by atoms with Gasteiger partial charge >= 0.3 is 6.09 Å². The van der Waals surface area contributed by atoms with Crippen molar-refractivity contribution < 1.29 is 19.1 Å². The highest BCUT2D eigenvalue weighted by atomic mass is 32.2. The molecule has 8 nitrogen and oxygen atoms in total. The molecule has 3 aromatic heterocycles. The first-order valence-corrected chi connectivity index (χ1v) is 13.0. The lowest BCUT2D eigenvalue weighted by atomic mass is 10.0. The van der Waals surface area contributed by atoms with Gasteiger partial charge in [0, 0.05) is 70.4 Å². The summed E-state index contributed by atoms with van der Waals surface area (Å²) in [5.74, 6) is 0.997. The van der Waals surface area contributed by atoms with Gasteiger partial charge in [0.25, 0.3) is 0 Å². The first-order valence-electron chi connectivity index (χ1n) is 12.0. The molecule has 2 atom stereocenters. The van der Waals surface area contributed by atoms with Crippen LogP contribution in [-0.2, 0) is 11.3 Å². The predicted molar refractivity (Wildman–Crippen MR) is 142 cm³/mol. The van der Waals surface area contributed by atoms with Gasteiger partial charge in [-0.3, -0.25) is 19.7 Å². The second kappa shape index (κ2) is 10.3. The average molecular weight is 517 g/mol. The normalized spacial score (nSPS) is 17.6. The van der Waals surface area contributed by atoms with Crippen molar-refractivity contribution in [3.63, 3.8) is 0 Å². The number of aromatic nitrogens is 3. The van der Waals surface area contributed by atoms with Crippen LogP contribution in [0.4, 0.5) is 4.79 Å². The Bertz CT molecular complexity index is 1400. The standard InChI is InChI=1S/C28H28N4O4S/c1-28(2,3)36-27(34)32-24(17-37-26(32)19-7-5-11-30-14-19)25(33)22-15-31-23-12-20(8-9-21(22)23)35-16-18-6-4-10-29-13-18/h4-15,24,26,31H,16-17H2,1-3H3/t24-,26?/m0/s1. The maximum Gasteiger partial charge on any atom is 0.412 e. The largest absolute Gasteiger partial charge is 0.489 e. The van der Waals surface area contributed by atoms with Crippen molar-refractivity contribution in [2.45, 2.75) is 44.4 Å². The SMILES string of the molecule is CC(C)(C)OC(=O)N1C(c2cccnc2)SC[C@H]1C(=O)c1c[nH]c2cc(OCc3cccnc3)ccc12. The van der Waals surface area contributed by atoms with E-state index in [0.717, 1.165) is 22.0 Å². The highest BCUT2D eigenvalue weighted by molar-refractivity contribution is 7.99. The van der Waals surface area contributed by atoms with Gasteiger partial charge in [0.05, 0.1) is 0 Å². The van der Waals surface area contributed by atoms with Crippen LogP contribution in [0.3, 0.4) is 0 Å². The Hall–Kier alpha value is -3.85. The van der Waals surface area contributed by atoms with Crippen LogP contribution in [0.25, 0.3) is 10.9 Å². The number of thioether (sulfide) groups is 1. The lowest BCUT2D eigenvalue weighted by Crippen LogP contribution is -2.45. The molecule has 0 spiro atoms. The van der Waals surface area contributed by atoms with Crippen LogP contribution in [0.1, 0.15) is 47.6 Å². The number of nitrogens with one attached hydrogen (secondary N) is 1. The number of pyridine rings is 2. The van der Waals surface area contributed by atoms with E-state index in [1.807, 2.05) is 63.2 Å². The molecule has 1 unspecified atom stereocenters. The molecular weight excluding hydrogens is 488 g/mol. The van der Waals surface area contributed by atoms with E-state index in [1.165, 1.54) is 11.8 Å². The number of aromatic amines is 1. The van der Waals surface area contributed by atoms with Crippen molar-refractivity contribution in [3.05, 3.63) is 90.1 Å². The Kier molecular flexibility index (Phi) is 6.88. The zero-order valence-electron chi connectivity index (χ0n) is 20.9. The minimum atomic E-state index is -0.690. The van der Waals surface area contributed by atoms with Crippen LogP contribution in [0.15, 0.2) is 73.4 Å². The van der Waals surface area contributed by atoms with E-state index < -0.39 is 17.7 Å². The molecule has 0 aliphatic carbocycles. The van der Waals surface area contributed by atoms with E-state index in [2.05, 4.69) is 15.0 Å². The fraction of sp³-hybridized carbons (Fsp3) is 0.286. The van der Waals surface area contributed by atoms with Gasteiger partial charge < -0.3 is 14.5 Å². The van der Waals surface area contributed by atoms with Gasteiger partial charge in [-0.25, -0.2) is 4.79 Å². The number of ketones is 1. The van der Waals surface area contributed by atoms with E-state index in [9.17, 15) is 9.59 Å². The second-order valence-corrected chi connectivity index (χ2v) is 10.9. The highest BCUT2D eigenvalue weighted by Gasteiger charge is 2.44. The van der Waals surface area contributed by atoms with Crippen molar-refractivity contribution in [3.8, 4) is 5.75 Å². The molecule has 5 rings (SSSR count). The fourth-order valence-corrected chi connectivity index (χ4v) is 5.66. The Morgan fingerprint density at radius 2 is 1.89 bits per heavy atom. The number of nitrogens with zero attached hydrogens (tertiary/aromatic N) is 3. The van der Waals surface area contributed by atoms with Crippen molar-refractivity contribution in [2.24, 2.45) is 0 Å². The number of carbonyl (C=O) groups excluding carboxylic acids is 2. The van der Waals surface area contributed by atoms with Gasteiger partial charge in [0.1, 0.15) is 29.4 Å². The summed E-state index contributed by atoms with van der Waals surface area (Å²) in [5, 5.41) is 0.410. The Morgan fingerprint density at radius 3 is 2.59 bits per heavy atom. The number of H-pyrrole nitrogens is 1. The number of amides is 1. The minimum absolute atomic E-state index is 0.139. The fourth-order valence-electron chi connectivity index (χ4n) is 4.25. The third-order valence-electron chi connectivity index (χ3n) is 5.92. The second-order valence-electron chi connectivity index (χ2n) is 9.80. The molecule has 1 amide bonds. The summed E-state index contributed by atoms with van der Waals surface area (Å²) in [5.41, 5.74) is 2.44. The summed E-state index contributed by atoms with van der Waals surface area (Å²) in [6.45, 7) is 5.85. The summed E-state index contributed by atoms with van der Waals surface area (Å²) in [4.78, 5) is 40.2. The molecule has 0 saturated carbocycles. The molecule has 190 valence electrons. The number of rotatable bonds is 6. The molecule has 0 radical (unpaired) electrons. The van der Waals surface area contributed by atoms with Gasteiger partial charge in [-0.2, -0.15) is 0 Å². The number of carbonyl (C=O) groups is 2. The predicted octanol–water partition coefficient (Wildman–Crippen LogP) is 5.77. The number of Topliss-reactive ketones (excluding diaryl/α,β-unsaturated/α-hetero) is 1. The highest BCUT2D eigenvalue weighted by Crippen LogP contribution is 2.43. The molecule has 37 heavy (non-hydrogen) atoms. The minimum Gasteiger partial charge on any atom is -0.489 e. The Labute approximate surface area is 219 Å². The smallest absolute Gasteiger partial charge is 0.412 e. The topological polar surface area (TPSA) is 97.4 Å². The van der Waals surface area contributed by atoms with E-state index in [0.29, 0.717) is 23.7 Å². The van der Waals surface area contributed by atoms with Gasteiger partial charge in [-0.1, -0.05) is 12.1 Å². The Morgan fingerprint density at radius 1 is 1.11 bits per heavy atom. The third-order valence-corrected chi connectivity index (χ3v) is 7.25. The molecular formula is C28H28N4O4S. The van der Waals surface area contributed by atoms with Crippen LogP contribution >= 0.6 is 11.8 Å². The number of benzene rings is 1. The van der Waals surface area contributed by atoms with Crippen molar-refractivity contribution in [1.29, 1.82) is 0 Å². The quantitative estimate of drug-likeness (QED) is 0.325. The number of fused-ring (bicyclic) bond motifs is 1. The zero-order valence-corrected chi connectivity index (χ0v) is 21.7. The van der Waals surface area contributed by atoms with Crippen molar-refractivity contribution >= 4 is 34.5 Å². The molecule has 4 heterocycles. The van der Waals surface area contributed by atoms with Crippen LogP contribution in [0, 0.1) is 0 Å². The van der Waals surface area contributed by atoms with Crippen LogP contribution in [0.5, 0.6) is 5.75 Å². The third kappa shape index (κ3) is 5.46. The van der Waals surface area contributed by atoms with E-state index in [-0.39, 0.29) is 11.2 Å². The summed E-state index contributed by atoms with van der Waals surface area (Å²) in [6, 6.07) is 12.5. The van der Waals surface area contributed by atoms with Crippen LogP contribution < -0.4 is 4.74 Å². The summed E-state index contributed by atoms with van der Waals surface area (Å²) >= 11 is 1.53. The molecule has 4 aromatic rings. The summed E-state index contributed by atoms with van der Waals surface area (Å²) in [6.07, 6.45) is 8.07. The van der Waals surface area contributed by atoms with Crippen LogP contribution in [0.2, 0.25) is 0 Å². The number of ether oxygens (including phenoxy) is 2. The average Bonchev–Trinajstić information content (AvgIpc) is 3.52. The van der Waals surface area contributed by atoms with Gasteiger partial charge in [-0.05, 0) is 45.0 Å². The maximum atomic E-state index is 13.8. The molecule has 1 N–H and O–H groups in total. The first kappa shape index (κ1) is 24.8. The van der Waals surface area contributed by atoms with E-state index in [4.69, 9.17) is 9.47 Å². The van der Waals surface area contributed by atoms with E-state index in [1.54, 1.807) is 35.9 Å². The van der Waals surface area contributed by atoms with Gasteiger partial charge in [0.2, 0.25) is 0 Å². The van der Waals surface area contributed by atoms with Gasteiger partial charge in [-0.15, -0.1) is 11.8 Å². The lowest BCUT2D eigenvalue weighted by molar-refractivity contribution is 0.0173. The summed E-state index contributed by atoms with van der Waals surface area (Å²) in [7, 11) is 0. The van der Waals surface area contributed by atoms with Crippen molar-refractivity contribution in [2.75, 3.05) is 5.75 Å². The molecule has 1 aliphatic heterocycles. The maximum absolute atomic E-state index is 13.8. The van der Waals surface area contributed by atoms with Crippen molar-refractivity contribution in [1.82, 2.24) is 19.9 Å².